The molecule has 114 valence electrons. The summed E-state index contributed by atoms with van der Waals surface area (Å²) in [6.07, 6.45) is 1.63. The lowest BCUT2D eigenvalue weighted by Gasteiger charge is -2.38. The highest BCUT2D eigenvalue weighted by Crippen LogP contribution is 2.27. The summed E-state index contributed by atoms with van der Waals surface area (Å²) in [6, 6.07) is 8.85. The van der Waals surface area contributed by atoms with Crippen LogP contribution in [0.4, 0.5) is 0 Å². The van der Waals surface area contributed by atoms with Crippen LogP contribution in [0.25, 0.3) is 0 Å². The predicted molar refractivity (Wildman–Crippen MR) is 80.0 cm³/mol. The van der Waals surface area contributed by atoms with Gasteiger partial charge in [0, 0.05) is 20.2 Å². The molecule has 1 aromatic carbocycles. The highest BCUT2D eigenvalue weighted by molar-refractivity contribution is 7.88. The van der Waals surface area contributed by atoms with E-state index in [0.29, 0.717) is 24.2 Å². The van der Waals surface area contributed by atoms with E-state index in [4.69, 9.17) is 10.00 Å². The maximum absolute atomic E-state index is 12.6. The Balaban J connectivity index is 2.21. The van der Waals surface area contributed by atoms with E-state index in [1.165, 1.54) is 4.31 Å². The quantitative estimate of drug-likeness (QED) is 0.851. The molecule has 1 aromatic rings. The normalized spacial score (nSPS) is 23.7. The van der Waals surface area contributed by atoms with Crippen molar-refractivity contribution in [3.8, 4) is 6.07 Å². The van der Waals surface area contributed by atoms with Crippen molar-refractivity contribution >= 4 is 10.0 Å². The van der Waals surface area contributed by atoms with Gasteiger partial charge in [0.2, 0.25) is 10.0 Å². The van der Waals surface area contributed by atoms with Gasteiger partial charge in [-0.05, 0) is 31.4 Å². The highest BCUT2D eigenvalue weighted by atomic mass is 32.2. The molecule has 2 rings (SSSR count). The van der Waals surface area contributed by atoms with Gasteiger partial charge in [-0.3, -0.25) is 0 Å². The van der Waals surface area contributed by atoms with Crippen LogP contribution in [0.1, 0.15) is 30.9 Å². The van der Waals surface area contributed by atoms with Crippen LogP contribution in [0.2, 0.25) is 0 Å². The second-order valence-corrected chi connectivity index (χ2v) is 7.59. The van der Waals surface area contributed by atoms with E-state index in [2.05, 4.69) is 0 Å². The molecule has 1 unspecified atom stereocenters. The summed E-state index contributed by atoms with van der Waals surface area (Å²) in [6.45, 7) is 2.80. The van der Waals surface area contributed by atoms with Crippen LogP contribution in [0.3, 0.4) is 0 Å². The van der Waals surface area contributed by atoms with Crippen LogP contribution in [-0.4, -0.2) is 38.5 Å². The Kier molecular flexibility index (Phi) is 4.67. The summed E-state index contributed by atoms with van der Waals surface area (Å²) >= 11 is 0. The fraction of sp³-hybridized carbons (Fsp3) is 0.533. The average Bonchev–Trinajstić information content (AvgIpc) is 2.47. The van der Waals surface area contributed by atoms with E-state index in [1.807, 2.05) is 13.0 Å². The molecule has 0 N–H and O–H groups in total. The lowest BCUT2D eigenvalue weighted by molar-refractivity contribution is -0.0319. The molecule has 1 atom stereocenters. The number of hydrogen-bond donors (Lipinski definition) is 0. The molecule has 0 aliphatic carbocycles. The van der Waals surface area contributed by atoms with Gasteiger partial charge < -0.3 is 4.74 Å². The maximum Gasteiger partial charge on any atom is 0.218 e. The topological polar surface area (TPSA) is 70.4 Å². The molecular weight excluding hydrogens is 288 g/mol. The Morgan fingerprint density at radius 1 is 1.43 bits per heavy atom. The van der Waals surface area contributed by atoms with Crippen molar-refractivity contribution in [2.45, 2.75) is 31.1 Å². The largest absolute Gasteiger partial charge is 0.377 e. The maximum atomic E-state index is 12.6. The first-order valence-corrected chi connectivity index (χ1v) is 8.52. The second-order valence-electron chi connectivity index (χ2n) is 5.62. The minimum atomic E-state index is -3.45. The van der Waals surface area contributed by atoms with Gasteiger partial charge in [-0.1, -0.05) is 18.2 Å². The van der Waals surface area contributed by atoms with Gasteiger partial charge in [-0.2, -0.15) is 9.57 Å². The summed E-state index contributed by atoms with van der Waals surface area (Å²) in [5, 5.41) is 9.07. The average molecular weight is 308 g/mol. The summed E-state index contributed by atoms with van der Waals surface area (Å²) in [7, 11) is -1.84. The van der Waals surface area contributed by atoms with Crippen LogP contribution >= 0.6 is 0 Å². The molecule has 0 spiro atoms. The van der Waals surface area contributed by atoms with Crippen LogP contribution in [0, 0.1) is 11.3 Å². The summed E-state index contributed by atoms with van der Waals surface area (Å²) in [5.74, 6) is -0.142. The van der Waals surface area contributed by atoms with Gasteiger partial charge >= 0.3 is 0 Å². The van der Waals surface area contributed by atoms with Crippen molar-refractivity contribution in [2.75, 3.05) is 20.2 Å². The molecule has 1 saturated heterocycles. The van der Waals surface area contributed by atoms with E-state index in [0.717, 1.165) is 12.8 Å². The smallest absolute Gasteiger partial charge is 0.218 e. The number of hydrogen-bond acceptors (Lipinski definition) is 4. The van der Waals surface area contributed by atoms with Crippen molar-refractivity contribution < 1.29 is 13.2 Å². The number of rotatable bonds is 4. The lowest BCUT2D eigenvalue weighted by atomic mass is 9.96. The Bertz CT molecular complexity index is 651. The summed E-state index contributed by atoms with van der Waals surface area (Å²) < 4.78 is 32.1. The number of sulfonamides is 1. The van der Waals surface area contributed by atoms with E-state index in [1.54, 1.807) is 31.4 Å². The number of ether oxygens (including phenoxy) is 1. The van der Waals surface area contributed by atoms with Gasteiger partial charge in [0.15, 0.2) is 0 Å². The fourth-order valence-corrected chi connectivity index (χ4v) is 4.31. The molecule has 0 bridgehead atoms. The molecule has 0 aromatic heterocycles. The molecule has 6 heteroatoms. The molecule has 0 radical (unpaired) electrons. The molecule has 5 nitrogen and oxygen atoms in total. The Morgan fingerprint density at radius 3 is 2.81 bits per heavy atom. The van der Waals surface area contributed by atoms with Gasteiger partial charge in [0.25, 0.3) is 0 Å². The molecule has 1 fully saturated rings. The summed E-state index contributed by atoms with van der Waals surface area (Å²) in [4.78, 5) is 0. The number of nitriles is 1. The first kappa shape index (κ1) is 16.0. The van der Waals surface area contributed by atoms with Gasteiger partial charge in [0.05, 0.1) is 23.0 Å². The number of methoxy groups -OCH3 is 1. The van der Waals surface area contributed by atoms with Crippen molar-refractivity contribution in [1.29, 1.82) is 5.26 Å². The first-order chi connectivity index (χ1) is 9.90. The molecule has 1 aliphatic heterocycles. The molecule has 0 amide bonds. The lowest BCUT2D eigenvalue weighted by Crippen LogP contribution is -2.49. The number of piperidine rings is 1. The number of benzene rings is 1. The molecule has 21 heavy (non-hydrogen) atoms. The third-order valence-corrected chi connectivity index (χ3v) is 5.76. The van der Waals surface area contributed by atoms with E-state index in [9.17, 15) is 8.42 Å². The van der Waals surface area contributed by atoms with Gasteiger partial charge in [-0.25, -0.2) is 8.42 Å². The molecule has 1 aliphatic rings. The monoisotopic (exact) mass is 308 g/mol. The molecular formula is C15H20N2O3S. The highest BCUT2D eigenvalue weighted by Gasteiger charge is 2.36. The van der Waals surface area contributed by atoms with E-state index >= 15 is 0 Å². The summed E-state index contributed by atoms with van der Waals surface area (Å²) in [5.41, 5.74) is 0.525. The van der Waals surface area contributed by atoms with Crippen molar-refractivity contribution in [1.82, 2.24) is 4.31 Å². The third kappa shape index (κ3) is 3.62. The van der Waals surface area contributed by atoms with Crippen LogP contribution < -0.4 is 0 Å². The Labute approximate surface area is 126 Å². The minimum absolute atomic E-state index is 0.142. The molecule has 0 saturated carbocycles. The predicted octanol–water partition coefficient (Wildman–Crippen LogP) is 1.89. The first-order valence-electron chi connectivity index (χ1n) is 6.91. The Morgan fingerprint density at radius 2 is 2.14 bits per heavy atom. The minimum Gasteiger partial charge on any atom is -0.377 e. The SMILES string of the molecule is COC1(C)CCCN(S(=O)(=O)Cc2ccccc2C#N)C1. The van der Waals surface area contributed by atoms with Crippen molar-refractivity contribution in [2.24, 2.45) is 0 Å². The van der Waals surface area contributed by atoms with Crippen molar-refractivity contribution in [3.63, 3.8) is 0 Å². The zero-order chi connectivity index (χ0) is 15.5. The third-order valence-electron chi connectivity index (χ3n) is 3.99. The van der Waals surface area contributed by atoms with E-state index < -0.39 is 15.6 Å². The molecule has 1 heterocycles. The van der Waals surface area contributed by atoms with Crippen molar-refractivity contribution in [3.05, 3.63) is 35.4 Å². The standard InChI is InChI=1S/C15H20N2O3S/c1-15(20-2)8-5-9-17(12-15)21(18,19)11-14-7-4-3-6-13(14)10-16/h3-4,6-7H,5,8-9,11-12H2,1-2H3. The zero-order valence-electron chi connectivity index (χ0n) is 12.4. The van der Waals surface area contributed by atoms with Gasteiger partial charge in [0.1, 0.15) is 0 Å². The zero-order valence-corrected chi connectivity index (χ0v) is 13.2. The van der Waals surface area contributed by atoms with Crippen LogP contribution in [-0.2, 0) is 20.5 Å². The van der Waals surface area contributed by atoms with Crippen LogP contribution in [0.15, 0.2) is 24.3 Å². The van der Waals surface area contributed by atoms with Crippen LogP contribution in [0.5, 0.6) is 0 Å². The number of nitrogens with zero attached hydrogens (tertiary/aromatic N) is 2. The fourth-order valence-electron chi connectivity index (χ4n) is 2.61. The Hall–Kier alpha value is -1.42. The van der Waals surface area contributed by atoms with Gasteiger partial charge in [-0.15, -0.1) is 0 Å². The second kappa shape index (κ2) is 6.14. The van der Waals surface area contributed by atoms with E-state index in [-0.39, 0.29) is 5.75 Å².